The van der Waals surface area contributed by atoms with Gasteiger partial charge in [0.25, 0.3) is 0 Å². The molecule has 2 heterocycles. The highest BCUT2D eigenvalue weighted by atomic mass is 14.9. The van der Waals surface area contributed by atoms with Crippen LogP contribution in [0, 0.1) is 19.8 Å². The first-order valence-corrected chi connectivity index (χ1v) is 8.23. The van der Waals surface area contributed by atoms with E-state index in [1.165, 1.54) is 19.3 Å². The van der Waals surface area contributed by atoms with Crippen LogP contribution < -0.4 is 5.32 Å². The van der Waals surface area contributed by atoms with Gasteiger partial charge in [-0.2, -0.15) is 0 Å². The molecule has 0 bridgehead atoms. The molecule has 3 heteroatoms. The summed E-state index contributed by atoms with van der Waals surface area (Å²) >= 11 is 0. The average molecular weight is 297 g/mol. The highest BCUT2D eigenvalue weighted by Crippen LogP contribution is 2.21. The third kappa shape index (κ3) is 4.55. The first-order chi connectivity index (χ1) is 10.6. The van der Waals surface area contributed by atoms with Crippen molar-refractivity contribution in [3.05, 3.63) is 41.9 Å². The van der Waals surface area contributed by atoms with Crippen LogP contribution >= 0.6 is 0 Å². The minimum atomic E-state index is 0.781. The molecule has 0 fully saturated rings. The van der Waals surface area contributed by atoms with E-state index in [4.69, 9.17) is 4.98 Å². The lowest BCUT2D eigenvalue weighted by Crippen LogP contribution is -2.08. The molecule has 1 unspecified atom stereocenters. The van der Waals surface area contributed by atoms with Crippen LogP contribution in [-0.4, -0.2) is 16.5 Å². The zero-order valence-electron chi connectivity index (χ0n) is 14.2. The van der Waals surface area contributed by atoms with E-state index < -0.39 is 0 Å². The number of hydrogen-bond acceptors (Lipinski definition) is 3. The summed E-state index contributed by atoms with van der Waals surface area (Å²) in [6.07, 6.45) is 7.51. The Kier molecular flexibility index (Phi) is 5.93. The van der Waals surface area contributed by atoms with E-state index in [0.29, 0.717) is 0 Å². The molecule has 0 aliphatic rings. The van der Waals surface area contributed by atoms with Crippen molar-refractivity contribution >= 4 is 5.69 Å². The van der Waals surface area contributed by atoms with Gasteiger partial charge in [-0.3, -0.25) is 9.97 Å². The molecule has 0 aliphatic carbocycles. The van der Waals surface area contributed by atoms with Crippen molar-refractivity contribution in [2.45, 2.75) is 47.0 Å². The molecule has 22 heavy (non-hydrogen) atoms. The molecule has 1 atom stereocenters. The maximum Gasteiger partial charge on any atom is 0.0722 e. The summed E-state index contributed by atoms with van der Waals surface area (Å²) in [6.45, 7) is 9.69. The summed E-state index contributed by atoms with van der Waals surface area (Å²) in [4.78, 5) is 8.96. The number of nitrogens with zero attached hydrogens (tertiary/aromatic N) is 2. The van der Waals surface area contributed by atoms with Crippen molar-refractivity contribution < 1.29 is 0 Å². The number of aromatic nitrogens is 2. The molecule has 0 saturated carbocycles. The van der Waals surface area contributed by atoms with Crippen molar-refractivity contribution in [1.29, 1.82) is 0 Å². The first-order valence-electron chi connectivity index (χ1n) is 8.23. The van der Waals surface area contributed by atoms with Crippen molar-refractivity contribution in [3.8, 4) is 11.3 Å². The number of anilines is 1. The zero-order chi connectivity index (χ0) is 15.9. The van der Waals surface area contributed by atoms with Gasteiger partial charge in [-0.1, -0.05) is 26.7 Å². The molecule has 0 saturated heterocycles. The summed E-state index contributed by atoms with van der Waals surface area (Å²) in [5.41, 5.74) is 5.39. The van der Waals surface area contributed by atoms with Crippen LogP contribution in [0.2, 0.25) is 0 Å². The number of nitrogens with one attached hydrogen (secondary N) is 1. The van der Waals surface area contributed by atoms with Crippen LogP contribution in [0.1, 0.15) is 44.4 Å². The molecule has 1 N–H and O–H groups in total. The van der Waals surface area contributed by atoms with Crippen LogP contribution in [0.4, 0.5) is 5.69 Å². The second-order valence-electron chi connectivity index (χ2n) is 6.19. The van der Waals surface area contributed by atoms with Gasteiger partial charge in [-0.05, 0) is 49.9 Å². The molecule has 118 valence electrons. The van der Waals surface area contributed by atoms with Gasteiger partial charge in [0.1, 0.15) is 0 Å². The Morgan fingerprint density at radius 1 is 1.14 bits per heavy atom. The number of hydrogen-bond donors (Lipinski definition) is 1. The van der Waals surface area contributed by atoms with Crippen LogP contribution in [0.15, 0.2) is 30.6 Å². The molecule has 0 spiro atoms. The van der Waals surface area contributed by atoms with Crippen molar-refractivity contribution in [2.75, 3.05) is 11.9 Å². The molecule has 0 aliphatic heterocycles. The summed E-state index contributed by atoms with van der Waals surface area (Å²) in [5.74, 6) is 0.781. The molecular formula is C19H27N3. The second kappa shape index (κ2) is 7.92. The summed E-state index contributed by atoms with van der Waals surface area (Å²) in [7, 11) is 0. The Bertz CT molecular complexity index is 607. The van der Waals surface area contributed by atoms with E-state index in [1.807, 2.05) is 12.4 Å². The van der Waals surface area contributed by atoms with Crippen LogP contribution in [-0.2, 0) is 0 Å². The van der Waals surface area contributed by atoms with Gasteiger partial charge in [-0.15, -0.1) is 0 Å². The number of pyridine rings is 2. The minimum absolute atomic E-state index is 0.781. The van der Waals surface area contributed by atoms with Gasteiger partial charge in [0, 0.05) is 24.5 Å². The molecule has 0 aromatic carbocycles. The molecular weight excluding hydrogens is 270 g/mol. The van der Waals surface area contributed by atoms with Crippen molar-refractivity contribution in [1.82, 2.24) is 9.97 Å². The lowest BCUT2D eigenvalue weighted by molar-refractivity contribution is 0.499. The Hall–Kier alpha value is -1.90. The summed E-state index contributed by atoms with van der Waals surface area (Å²) in [5, 5.41) is 3.51. The first kappa shape index (κ1) is 16.5. The van der Waals surface area contributed by atoms with Crippen molar-refractivity contribution in [2.24, 2.45) is 5.92 Å². The normalized spacial score (nSPS) is 12.2. The number of rotatable bonds is 7. The minimum Gasteiger partial charge on any atom is -0.384 e. The molecule has 0 amide bonds. The van der Waals surface area contributed by atoms with Crippen LogP contribution in [0.3, 0.4) is 0 Å². The standard InChI is InChI=1S/C19H27N3/c1-5-6-14(2)9-10-21-18-7-8-19(22-16(18)4)17-11-15(3)12-20-13-17/h7-8,11-14,21H,5-6,9-10H2,1-4H3. The van der Waals surface area contributed by atoms with Crippen molar-refractivity contribution in [3.63, 3.8) is 0 Å². The Morgan fingerprint density at radius 3 is 2.64 bits per heavy atom. The van der Waals surface area contributed by atoms with Gasteiger partial charge in [0.2, 0.25) is 0 Å². The van der Waals surface area contributed by atoms with E-state index in [2.05, 4.69) is 56.2 Å². The van der Waals surface area contributed by atoms with Crippen LogP contribution in [0.25, 0.3) is 11.3 Å². The summed E-state index contributed by atoms with van der Waals surface area (Å²) < 4.78 is 0. The van der Waals surface area contributed by atoms with E-state index in [0.717, 1.165) is 40.7 Å². The monoisotopic (exact) mass is 297 g/mol. The molecule has 2 aromatic heterocycles. The topological polar surface area (TPSA) is 37.8 Å². The van der Waals surface area contributed by atoms with E-state index in [-0.39, 0.29) is 0 Å². The predicted octanol–water partition coefficient (Wildman–Crippen LogP) is 5.00. The van der Waals surface area contributed by atoms with Gasteiger partial charge >= 0.3 is 0 Å². The lowest BCUT2D eigenvalue weighted by atomic mass is 10.0. The Morgan fingerprint density at radius 2 is 1.95 bits per heavy atom. The van der Waals surface area contributed by atoms with E-state index in [9.17, 15) is 0 Å². The zero-order valence-corrected chi connectivity index (χ0v) is 14.2. The van der Waals surface area contributed by atoms with Crippen LogP contribution in [0.5, 0.6) is 0 Å². The fourth-order valence-corrected chi connectivity index (χ4v) is 2.69. The molecule has 3 nitrogen and oxygen atoms in total. The maximum atomic E-state index is 4.72. The highest BCUT2D eigenvalue weighted by molar-refractivity contribution is 5.62. The summed E-state index contributed by atoms with van der Waals surface area (Å²) in [6, 6.07) is 6.32. The fourth-order valence-electron chi connectivity index (χ4n) is 2.69. The molecule has 2 rings (SSSR count). The van der Waals surface area contributed by atoms with Gasteiger partial charge in [0.05, 0.1) is 17.1 Å². The van der Waals surface area contributed by atoms with Gasteiger partial charge < -0.3 is 5.32 Å². The smallest absolute Gasteiger partial charge is 0.0722 e. The SMILES string of the molecule is CCCC(C)CCNc1ccc(-c2cncc(C)c2)nc1C. The largest absolute Gasteiger partial charge is 0.384 e. The Balaban J connectivity index is 2.01. The number of aryl methyl sites for hydroxylation is 2. The predicted molar refractivity (Wildman–Crippen MR) is 94.1 cm³/mol. The fraction of sp³-hybridized carbons (Fsp3) is 0.474. The lowest BCUT2D eigenvalue weighted by Gasteiger charge is -2.13. The Labute approximate surface area is 134 Å². The third-order valence-corrected chi connectivity index (χ3v) is 3.99. The average Bonchev–Trinajstić information content (AvgIpc) is 2.49. The van der Waals surface area contributed by atoms with E-state index in [1.54, 1.807) is 0 Å². The second-order valence-corrected chi connectivity index (χ2v) is 6.19. The van der Waals surface area contributed by atoms with Gasteiger partial charge in [0.15, 0.2) is 0 Å². The molecule has 0 radical (unpaired) electrons. The van der Waals surface area contributed by atoms with E-state index >= 15 is 0 Å². The van der Waals surface area contributed by atoms with Gasteiger partial charge in [-0.25, -0.2) is 0 Å². The molecule has 2 aromatic rings. The maximum absolute atomic E-state index is 4.72. The third-order valence-electron chi connectivity index (χ3n) is 3.99. The highest BCUT2D eigenvalue weighted by Gasteiger charge is 2.05. The quantitative estimate of drug-likeness (QED) is 0.781.